The highest BCUT2D eigenvalue weighted by molar-refractivity contribution is 5.01. The van der Waals surface area contributed by atoms with E-state index in [1.807, 2.05) is 17.8 Å². The van der Waals surface area contributed by atoms with E-state index < -0.39 is 0 Å². The van der Waals surface area contributed by atoms with Crippen LogP contribution >= 0.6 is 0 Å². The van der Waals surface area contributed by atoms with Crippen molar-refractivity contribution in [1.82, 2.24) is 15.2 Å². The molecule has 4 nitrogen and oxygen atoms in total. The fraction of sp³-hybridized carbons (Fsp3) is 0.700. The summed E-state index contributed by atoms with van der Waals surface area (Å²) in [4.78, 5) is 0. The zero-order valence-corrected chi connectivity index (χ0v) is 9.20. The maximum Gasteiger partial charge on any atom is 0.0640 e. The molecule has 1 rings (SSSR count). The van der Waals surface area contributed by atoms with E-state index in [2.05, 4.69) is 30.4 Å². The molecule has 1 aromatic heterocycles. The van der Waals surface area contributed by atoms with E-state index in [-0.39, 0.29) is 6.04 Å². The third-order valence-electron chi connectivity index (χ3n) is 2.51. The molecule has 1 aromatic rings. The van der Waals surface area contributed by atoms with Crippen molar-refractivity contribution in [2.75, 3.05) is 0 Å². The standard InChI is InChI=1S/C10H20N4/c1-4-9(3)14-6-5-10(13-14)7-8(2)12-11/h5-6,8-9,12H,4,7,11H2,1-3H3. The summed E-state index contributed by atoms with van der Waals surface area (Å²) >= 11 is 0. The predicted octanol–water partition coefficient (Wildman–Crippen LogP) is 1.25. The average molecular weight is 196 g/mol. The SMILES string of the molecule is CCC(C)n1ccc(CC(C)NN)n1. The highest BCUT2D eigenvalue weighted by Crippen LogP contribution is 2.09. The summed E-state index contributed by atoms with van der Waals surface area (Å²) in [5.74, 6) is 5.33. The van der Waals surface area contributed by atoms with E-state index in [9.17, 15) is 0 Å². The number of hydrogen-bond acceptors (Lipinski definition) is 3. The van der Waals surface area contributed by atoms with E-state index in [0.717, 1.165) is 18.5 Å². The highest BCUT2D eigenvalue weighted by Gasteiger charge is 2.06. The Balaban J connectivity index is 2.59. The number of aromatic nitrogens is 2. The molecule has 0 aromatic carbocycles. The molecule has 0 aliphatic rings. The molecule has 0 spiro atoms. The lowest BCUT2D eigenvalue weighted by molar-refractivity contribution is 0.468. The van der Waals surface area contributed by atoms with Crippen molar-refractivity contribution in [3.63, 3.8) is 0 Å². The molecule has 0 aliphatic carbocycles. The molecule has 4 heteroatoms. The number of nitrogens with zero attached hydrogens (tertiary/aromatic N) is 2. The van der Waals surface area contributed by atoms with Crippen LogP contribution in [-0.4, -0.2) is 15.8 Å². The quantitative estimate of drug-likeness (QED) is 0.550. The number of hydrazine groups is 1. The van der Waals surface area contributed by atoms with Crippen LogP contribution in [0.1, 0.15) is 38.9 Å². The molecular formula is C10H20N4. The van der Waals surface area contributed by atoms with Gasteiger partial charge in [-0.2, -0.15) is 5.10 Å². The third-order valence-corrected chi connectivity index (χ3v) is 2.51. The van der Waals surface area contributed by atoms with Crippen molar-refractivity contribution in [3.05, 3.63) is 18.0 Å². The van der Waals surface area contributed by atoms with Crippen LogP contribution in [-0.2, 0) is 6.42 Å². The zero-order valence-electron chi connectivity index (χ0n) is 9.20. The zero-order chi connectivity index (χ0) is 10.6. The maximum absolute atomic E-state index is 5.33. The van der Waals surface area contributed by atoms with Crippen LogP contribution in [0.2, 0.25) is 0 Å². The van der Waals surface area contributed by atoms with Crippen LogP contribution in [0.15, 0.2) is 12.3 Å². The topological polar surface area (TPSA) is 55.9 Å². The minimum Gasteiger partial charge on any atom is -0.271 e. The van der Waals surface area contributed by atoms with Crippen molar-refractivity contribution in [2.24, 2.45) is 5.84 Å². The molecule has 0 radical (unpaired) electrons. The van der Waals surface area contributed by atoms with Crippen LogP contribution in [0.4, 0.5) is 0 Å². The van der Waals surface area contributed by atoms with Gasteiger partial charge >= 0.3 is 0 Å². The van der Waals surface area contributed by atoms with Crippen molar-refractivity contribution in [1.29, 1.82) is 0 Å². The van der Waals surface area contributed by atoms with E-state index in [4.69, 9.17) is 5.84 Å². The van der Waals surface area contributed by atoms with Gasteiger partial charge in [0.05, 0.1) is 5.69 Å². The first-order chi connectivity index (χ1) is 6.67. The van der Waals surface area contributed by atoms with E-state index in [0.29, 0.717) is 6.04 Å². The summed E-state index contributed by atoms with van der Waals surface area (Å²) in [6.45, 7) is 6.37. The van der Waals surface area contributed by atoms with Gasteiger partial charge in [0, 0.05) is 24.7 Å². The van der Waals surface area contributed by atoms with Crippen molar-refractivity contribution < 1.29 is 0 Å². The molecule has 2 atom stereocenters. The fourth-order valence-electron chi connectivity index (χ4n) is 1.29. The minimum atomic E-state index is 0.273. The summed E-state index contributed by atoms with van der Waals surface area (Å²) in [5.41, 5.74) is 3.81. The monoisotopic (exact) mass is 196 g/mol. The van der Waals surface area contributed by atoms with E-state index in [1.54, 1.807) is 0 Å². The Hall–Kier alpha value is -0.870. The Morgan fingerprint density at radius 1 is 1.57 bits per heavy atom. The minimum absolute atomic E-state index is 0.273. The van der Waals surface area contributed by atoms with Gasteiger partial charge in [0.1, 0.15) is 0 Å². The van der Waals surface area contributed by atoms with Gasteiger partial charge in [0.25, 0.3) is 0 Å². The molecule has 0 aliphatic heterocycles. The first-order valence-electron chi connectivity index (χ1n) is 5.17. The lowest BCUT2D eigenvalue weighted by atomic mass is 10.2. The van der Waals surface area contributed by atoms with Crippen LogP contribution < -0.4 is 11.3 Å². The largest absolute Gasteiger partial charge is 0.271 e. The third kappa shape index (κ3) is 2.82. The van der Waals surface area contributed by atoms with Gasteiger partial charge in [-0.05, 0) is 26.3 Å². The summed E-state index contributed by atoms with van der Waals surface area (Å²) in [7, 11) is 0. The Morgan fingerprint density at radius 2 is 2.29 bits per heavy atom. The number of nitrogens with one attached hydrogen (secondary N) is 1. The van der Waals surface area contributed by atoms with Gasteiger partial charge < -0.3 is 0 Å². The Kier molecular flexibility index (Phi) is 4.10. The van der Waals surface area contributed by atoms with Gasteiger partial charge in [-0.15, -0.1) is 0 Å². The molecule has 3 N–H and O–H groups in total. The Morgan fingerprint density at radius 3 is 2.86 bits per heavy atom. The van der Waals surface area contributed by atoms with Crippen LogP contribution in [0.25, 0.3) is 0 Å². The van der Waals surface area contributed by atoms with Gasteiger partial charge in [-0.3, -0.25) is 16.0 Å². The van der Waals surface area contributed by atoms with Crippen LogP contribution in [0.3, 0.4) is 0 Å². The van der Waals surface area contributed by atoms with Crippen LogP contribution in [0, 0.1) is 0 Å². The smallest absolute Gasteiger partial charge is 0.0640 e. The average Bonchev–Trinajstić information content (AvgIpc) is 2.65. The maximum atomic E-state index is 5.33. The molecule has 14 heavy (non-hydrogen) atoms. The predicted molar refractivity (Wildman–Crippen MR) is 57.7 cm³/mol. The van der Waals surface area contributed by atoms with Gasteiger partial charge in [0.15, 0.2) is 0 Å². The first-order valence-corrected chi connectivity index (χ1v) is 5.17. The molecular weight excluding hydrogens is 176 g/mol. The molecule has 0 bridgehead atoms. The first kappa shape index (κ1) is 11.2. The highest BCUT2D eigenvalue weighted by atomic mass is 15.3. The normalized spacial score (nSPS) is 15.4. The Labute approximate surface area is 85.5 Å². The molecule has 0 saturated heterocycles. The second-order valence-electron chi connectivity index (χ2n) is 3.82. The number of nitrogens with two attached hydrogens (primary N) is 1. The number of rotatable bonds is 5. The summed E-state index contributed by atoms with van der Waals surface area (Å²) in [5, 5.41) is 4.49. The van der Waals surface area contributed by atoms with Gasteiger partial charge in [0.2, 0.25) is 0 Å². The van der Waals surface area contributed by atoms with E-state index in [1.165, 1.54) is 0 Å². The lowest BCUT2D eigenvalue weighted by Gasteiger charge is -2.09. The van der Waals surface area contributed by atoms with Gasteiger partial charge in [-0.1, -0.05) is 6.92 Å². The second-order valence-corrected chi connectivity index (χ2v) is 3.82. The molecule has 0 saturated carbocycles. The molecule has 1 heterocycles. The van der Waals surface area contributed by atoms with Crippen LogP contribution in [0.5, 0.6) is 0 Å². The molecule has 2 unspecified atom stereocenters. The lowest BCUT2D eigenvalue weighted by Crippen LogP contribution is -2.34. The Bertz CT molecular complexity index is 269. The van der Waals surface area contributed by atoms with Crippen molar-refractivity contribution in [3.8, 4) is 0 Å². The molecule has 0 fully saturated rings. The number of hydrogen-bond donors (Lipinski definition) is 2. The molecule has 80 valence electrons. The molecule has 0 amide bonds. The van der Waals surface area contributed by atoms with Crippen molar-refractivity contribution in [2.45, 2.75) is 45.7 Å². The summed E-state index contributed by atoms with van der Waals surface area (Å²) in [6, 6.07) is 2.81. The fourth-order valence-corrected chi connectivity index (χ4v) is 1.29. The van der Waals surface area contributed by atoms with Gasteiger partial charge in [-0.25, -0.2) is 0 Å². The second kappa shape index (κ2) is 5.12. The summed E-state index contributed by atoms with van der Waals surface area (Å²) in [6.07, 6.45) is 4.01. The van der Waals surface area contributed by atoms with E-state index >= 15 is 0 Å². The summed E-state index contributed by atoms with van der Waals surface area (Å²) < 4.78 is 2.01. The van der Waals surface area contributed by atoms with Crippen molar-refractivity contribution >= 4 is 0 Å².